The second kappa shape index (κ2) is 9.30. The minimum Gasteiger partial charge on any atom is -0.506 e. The number of amides is 2. The zero-order chi connectivity index (χ0) is 20.9. The van der Waals surface area contributed by atoms with Crippen LogP contribution in [0.25, 0.3) is 0 Å². The van der Waals surface area contributed by atoms with Crippen molar-refractivity contribution in [2.45, 2.75) is 44.6 Å². The van der Waals surface area contributed by atoms with Crippen LogP contribution < -0.4 is 10.6 Å². The first-order valence-electron chi connectivity index (χ1n) is 10.7. The fourth-order valence-corrected chi connectivity index (χ4v) is 4.41. The van der Waals surface area contributed by atoms with Gasteiger partial charge in [0, 0.05) is 12.0 Å². The van der Waals surface area contributed by atoms with Gasteiger partial charge in [-0.1, -0.05) is 25.0 Å². The fraction of sp³-hybridized carbons (Fsp3) is 0.500. The van der Waals surface area contributed by atoms with Crippen LogP contribution >= 0.6 is 0 Å². The Bertz CT molecular complexity index is 882. The van der Waals surface area contributed by atoms with Gasteiger partial charge in [0.15, 0.2) is 0 Å². The van der Waals surface area contributed by atoms with Gasteiger partial charge in [0.1, 0.15) is 11.6 Å². The molecule has 1 aromatic carbocycles. The Hall–Kier alpha value is -2.87. The van der Waals surface area contributed by atoms with Crippen LogP contribution in [-0.4, -0.2) is 51.2 Å². The number of para-hydroxylation sites is 2. The molecule has 0 unspecified atom stereocenters. The van der Waals surface area contributed by atoms with E-state index >= 15 is 0 Å². The summed E-state index contributed by atoms with van der Waals surface area (Å²) in [4.78, 5) is 27.1. The molecule has 1 aromatic heterocycles. The van der Waals surface area contributed by atoms with Gasteiger partial charge >= 0.3 is 0 Å². The SMILES string of the molecule is O=C(CN1CCC(C(=O)Nc2ccccc2O)CC1)Nc1ccnn1C1CCCC1. The summed E-state index contributed by atoms with van der Waals surface area (Å²) < 4.78 is 1.94. The van der Waals surface area contributed by atoms with Crippen molar-refractivity contribution < 1.29 is 14.7 Å². The molecule has 4 rings (SSSR count). The molecule has 0 bridgehead atoms. The van der Waals surface area contributed by atoms with Gasteiger partial charge in [0.25, 0.3) is 0 Å². The van der Waals surface area contributed by atoms with Crippen LogP contribution in [-0.2, 0) is 9.59 Å². The highest BCUT2D eigenvalue weighted by Gasteiger charge is 2.27. The number of aromatic hydroxyl groups is 1. The maximum atomic E-state index is 12.5. The number of phenolic OH excluding ortho intramolecular Hbond substituents is 1. The monoisotopic (exact) mass is 411 g/mol. The second-order valence-corrected chi connectivity index (χ2v) is 8.20. The quantitative estimate of drug-likeness (QED) is 0.635. The third-order valence-corrected chi connectivity index (χ3v) is 6.10. The van der Waals surface area contributed by atoms with Crippen molar-refractivity contribution >= 4 is 23.3 Å². The minimum atomic E-state index is -0.118. The number of rotatable bonds is 6. The van der Waals surface area contributed by atoms with Crippen molar-refractivity contribution in [2.75, 3.05) is 30.3 Å². The topological polar surface area (TPSA) is 99.5 Å². The molecule has 8 heteroatoms. The lowest BCUT2D eigenvalue weighted by atomic mass is 9.95. The molecule has 0 radical (unpaired) electrons. The van der Waals surface area contributed by atoms with E-state index in [0.29, 0.717) is 44.2 Å². The van der Waals surface area contributed by atoms with E-state index in [4.69, 9.17) is 0 Å². The molecule has 1 saturated carbocycles. The number of phenols is 1. The Labute approximate surface area is 176 Å². The molecule has 2 fully saturated rings. The molecule has 1 aliphatic heterocycles. The Balaban J connectivity index is 1.24. The lowest BCUT2D eigenvalue weighted by Crippen LogP contribution is -2.42. The normalized spacial score (nSPS) is 18.4. The average molecular weight is 412 g/mol. The van der Waals surface area contributed by atoms with E-state index in [2.05, 4.69) is 20.6 Å². The van der Waals surface area contributed by atoms with E-state index in [9.17, 15) is 14.7 Å². The summed E-state index contributed by atoms with van der Waals surface area (Å²) in [6.07, 6.45) is 7.76. The largest absolute Gasteiger partial charge is 0.506 e. The molecular weight excluding hydrogens is 382 g/mol. The number of likely N-dealkylation sites (tertiary alicyclic amines) is 1. The first-order valence-corrected chi connectivity index (χ1v) is 10.7. The standard InChI is InChI=1S/C22H29N5O3/c28-19-8-4-3-7-18(19)24-22(30)16-10-13-26(14-11-16)15-21(29)25-20-9-12-23-27(20)17-5-1-2-6-17/h3-4,7-9,12,16-17,28H,1-2,5-6,10-11,13-15H2,(H,24,30)(H,25,29). The van der Waals surface area contributed by atoms with Crippen LogP contribution in [0.3, 0.4) is 0 Å². The van der Waals surface area contributed by atoms with E-state index < -0.39 is 0 Å². The summed E-state index contributed by atoms with van der Waals surface area (Å²) in [6.45, 7) is 1.69. The zero-order valence-electron chi connectivity index (χ0n) is 17.1. The molecule has 0 spiro atoms. The minimum absolute atomic E-state index is 0.0492. The summed E-state index contributed by atoms with van der Waals surface area (Å²) in [6, 6.07) is 8.96. The number of carbonyl (C=O) groups is 2. The molecule has 8 nitrogen and oxygen atoms in total. The van der Waals surface area contributed by atoms with Gasteiger partial charge in [0.05, 0.1) is 24.5 Å². The number of benzene rings is 1. The van der Waals surface area contributed by atoms with Gasteiger partial charge in [-0.05, 0) is 50.9 Å². The molecule has 160 valence electrons. The second-order valence-electron chi connectivity index (χ2n) is 8.20. The van der Waals surface area contributed by atoms with Gasteiger partial charge in [0.2, 0.25) is 11.8 Å². The van der Waals surface area contributed by atoms with Crippen LogP contribution in [0.15, 0.2) is 36.5 Å². The Morgan fingerprint density at radius 1 is 1.03 bits per heavy atom. The number of carbonyl (C=O) groups excluding carboxylic acids is 2. The number of piperidine rings is 1. The van der Waals surface area contributed by atoms with E-state index in [1.54, 1.807) is 30.5 Å². The van der Waals surface area contributed by atoms with Crippen molar-refractivity contribution in [1.82, 2.24) is 14.7 Å². The summed E-state index contributed by atoms with van der Waals surface area (Å²) in [5, 5.41) is 20.0. The van der Waals surface area contributed by atoms with Crippen molar-refractivity contribution in [3.8, 4) is 5.75 Å². The predicted molar refractivity (Wildman–Crippen MR) is 114 cm³/mol. The molecule has 2 aromatic rings. The number of hydrogen-bond acceptors (Lipinski definition) is 5. The van der Waals surface area contributed by atoms with Gasteiger partial charge in [-0.25, -0.2) is 4.68 Å². The zero-order valence-corrected chi connectivity index (χ0v) is 17.1. The van der Waals surface area contributed by atoms with Gasteiger partial charge in [-0.2, -0.15) is 5.10 Å². The highest BCUT2D eigenvalue weighted by molar-refractivity contribution is 5.94. The van der Waals surface area contributed by atoms with E-state index in [0.717, 1.165) is 18.7 Å². The van der Waals surface area contributed by atoms with Crippen molar-refractivity contribution in [1.29, 1.82) is 0 Å². The first-order chi connectivity index (χ1) is 14.6. The highest BCUT2D eigenvalue weighted by atomic mass is 16.3. The summed E-state index contributed by atoms with van der Waals surface area (Å²) in [5.41, 5.74) is 0.434. The third-order valence-electron chi connectivity index (χ3n) is 6.10. The average Bonchev–Trinajstić information content (AvgIpc) is 3.42. The van der Waals surface area contributed by atoms with Crippen LogP contribution in [0.1, 0.15) is 44.6 Å². The summed E-state index contributed by atoms with van der Waals surface area (Å²) in [7, 11) is 0. The van der Waals surface area contributed by atoms with Crippen molar-refractivity contribution in [3.05, 3.63) is 36.5 Å². The number of anilines is 2. The molecule has 3 N–H and O–H groups in total. The lowest BCUT2D eigenvalue weighted by Gasteiger charge is -2.30. The van der Waals surface area contributed by atoms with E-state index in [1.807, 2.05) is 10.7 Å². The molecule has 1 saturated heterocycles. The van der Waals surface area contributed by atoms with Gasteiger partial charge in [-0.15, -0.1) is 0 Å². The maximum Gasteiger partial charge on any atom is 0.239 e. The number of aromatic nitrogens is 2. The summed E-state index contributed by atoms with van der Waals surface area (Å²) in [5.74, 6) is 0.585. The highest BCUT2D eigenvalue weighted by Crippen LogP contribution is 2.31. The van der Waals surface area contributed by atoms with Crippen LogP contribution in [0.4, 0.5) is 11.5 Å². The predicted octanol–water partition coefficient (Wildman–Crippen LogP) is 2.99. The third kappa shape index (κ3) is 4.81. The maximum absolute atomic E-state index is 12.5. The van der Waals surface area contributed by atoms with Gasteiger partial charge < -0.3 is 15.7 Å². The molecule has 2 aliphatic rings. The molecule has 2 heterocycles. The van der Waals surface area contributed by atoms with Crippen molar-refractivity contribution in [2.24, 2.45) is 5.92 Å². The number of nitrogens with zero attached hydrogens (tertiary/aromatic N) is 3. The van der Waals surface area contributed by atoms with E-state index in [-0.39, 0.29) is 23.5 Å². The Morgan fingerprint density at radius 3 is 2.50 bits per heavy atom. The van der Waals surface area contributed by atoms with Crippen LogP contribution in [0, 0.1) is 5.92 Å². The molecule has 0 atom stereocenters. The van der Waals surface area contributed by atoms with Gasteiger partial charge in [-0.3, -0.25) is 14.5 Å². The summed E-state index contributed by atoms with van der Waals surface area (Å²) >= 11 is 0. The first kappa shape index (κ1) is 20.4. The molecule has 30 heavy (non-hydrogen) atoms. The number of hydrogen-bond donors (Lipinski definition) is 3. The smallest absolute Gasteiger partial charge is 0.239 e. The molecular formula is C22H29N5O3. The fourth-order valence-electron chi connectivity index (χ4n) is 4.41. The number of nitrogens with one attached hydrogen (secondary N) is 2. The Kier molecular flexibility index (Phi) is 6.32. The van der Waals surface area contributed by atoms with E-state index in [1.165, 1.54) is 12.8 Å². The lowest BCUT2D eigenvalue weighted by molar-refractivity contribution is -0.121. The van der Waals surface area contributed by atoms with Crippen LogP contribution in [0.2, 0.25) is 0 Å². The van der Waals surface area contributed by atoms with Crippen LogP contribution in [0.5, 0.6) is 5.75 Å². The molecule has 1 aliphatic carbocycles. The Morgan fingerprint density at radius 2 is 1.77 bits per heavy atom. The van der Waals surface area contributed by atoms with Crippen molar-refractivity contribution in [3.63, 3.8) is 0 Å². The molecule has 2 amide bonds.